The van der Waals surface area contributed by atoms with E-state index in [9.17, 15) is 9.59 Å². The van der Waals surface area contributed by atoms with Gasteiger partial charge < -0.3 is 14.9 Å². The molecule has 2 rings (SSSR count). The van der Waals surface area contributed by atoms with Crippen molar-refractivity contribution in [2.24, 2.45) is 0 Å². The first-order chi connectivity index (χ1) is 8.18. The third-order valence-electron chi connectivity index (χ3n) is 3.31. The number of thioether (sulfide) groups is 1. The summed E-state index contributed by atoms with van der Waals surface area (Å²) in [5, 5.41) is 8.83. The molecule has 0 radical (unpaired) electrons. The quantitative estimate of drug-likeness (QED) is 0.805. The first kappa shape index (κ1) is 12.5. The van der Waals surface area contributed by atoms with Crippen molar-refractivity contribution in [3.8, 4) is 0 Å². The molecule has 0 aliphatic carbocycles. The average molecular weight is 258 g/mol. The molecule has 0 saturated carbocycles. The highest BCUT2D eigenvalue weighted by molar-refractivity contribution is 7.99. The minimum Gasteiger partial charge on any atom is -0.481 e. The maximum absolute atomic E-state index is 12.2. The molecule has 2 amide bonds. The Hall–Kier alpha value is -0.910. The summed E-state index contributed by atoms with van der Waals surface area (Å²) in [6.45, 7) is 2.29. The minimum atomic E-state index is -0.816. The molecule has 17 heavy (non-hydrogen) atoms. The molecule has 1 atom stereocenters. The number of urea groups is 1. The van der Waals surface area contributed by atoms with Crippen LogP contribution in [0, 0.1) is 0 Å². The topological polar surface area (TPSA) is 60.9 Å². The number of rotatable bonds is 2. The number of carbonyl (C=O) groups excluding carboxylic acids is 1. The maximum atomic E-state index is 12.2. The Kier molecular flexibility index (Phi) is 4.15. The van der Waals surface area contributed by atoms with Gasteiger partial charge in [-0.25, -0.2) is 4.79 Å². The second-order valence-electron chi connectivity index (χ2n) is 4.47. The summed E-state index contributed by atoms with van der Waals surface area (Å²) >= 11 is 1.86. The van der Waals surface area contributed by atoms with Crippen molar-refractivity contribution in [2.45, 2.75) is 25.3 Å². The van der Waals surface area contributed by atoms with Gasteiger partial charge in [0.05, 0.1) is 6.42 Å². The lowest BCUT2D eigenvalue weighted by molar-refractivity contribution is -0.138. The van der Waals surface area contributed by atoms with Crippen LogP contribution in [-0.4, -0.2) is 64.1 Å². The van der Waals surface area contributed by atoms with Gasteiger partial charge in [-0.05, 0) is 12.8 Å². The zero-order valence-corrected chi connectivity index (χ0v) is 10.6. The molecule has 2 fully saturated rings. The summed E-state index contributed by atoms with van der Waals surface area (Å²) < 4.78 is 0. The highest BCUT2D eigenvalue weighted by Gasteiger charge is 2.33. The number of aliphatic carboxylic acids is 1. The number of hydrogen-bond donors (Lipinski definition) is 1. The number of carboxylic acids is 1. The Balaban J connectivity index is 1.94. The molecule has 2 heterocycles. The Morgan fingerprint density at radius 1 is 1.24 bits per heavy atom. The van der Waals surface area contributed by atoms with E-state index in [0.717, 1.165) is 37.4 Å². The summed E-state index contributed by atoms with van der Waals surface area (Å²) in [5.41, 5.74) is 0. The number of carbonyl (C=O) groups is 2. The van der Waals surface area contributed by atoms with Crippen molar-refractivity contribution < 1.29 is 14.7 Å². The average Bonchev–Trinajstić information content (AvgIpc) is 2.76. The summed E-state index contributed by atoms with van der Waals surface area (Å²) in [4.78, 5) is 26.6. The monoisotopic (exact) mass is 258 g/mol. The molecule has 0 aromatic carbocycles. The van der Waals surface area contributed by atoms with E-state index in [-0.39, 0.29) is 18.5 Å². The molecule has 0 bridgehead atoms. The third kappa shape index (κ3) is 3.06. The van der Waals surface area contributed by atoms with Gasteiger partial charge in [-0.2, -0.15) is 11.8 Å². The van der Waals surface area contributed by atoms with Crippen molar-refractivity contribution >= 4 is 23.8 Å². The lowest BCUT2D eigenvalue weighted by Crippen LogP contribution is -2.48. The Morgan fingerprint density at radius 2 is 1.94 bits per heavy atom. The molecule has 96 valence electrons. The number of likely N-dealkylation sites (tertiary alicyclic amines) is 1. The van der Waals surface area contributed by atoms with Crippen molar-refractivity contribution in [1.82, 2.24) is 9.80 Å². The number of hydrogen-bond acceptors (Lipinski definition) is 3. The largest absolute Gasteiger partial charge is 0.481 e. The predicted molar refractivity (Wildman–Crippen MR) is 66.3 cm³/mol. The van der Waals surface area contributed by atoms with E-state index in [1.165, 1.54) is 0 Å². The van der Waals surface area contributed by atoms with Crippen LogP contribution in [0.4, 0.5) is 4.79 Å². The highest BCUT2D eigenvalue weighted by atomic mass is 32.2. The van der Waals surface area contributed by atoms with Gasteiger partial charge in [0.2, 0.25) is 0 Å². The smallest absolute Gasteiger partial charge is 0.320 e. The molecular weight excluding hydrogens is 240 g/mol. The van der Waals surface area contributed by atoms with E-state index in [0.29, 0.717) is 6.54 Å². The molecule has 6 heteroatoms. The zero-order valence-electron chi connectivity index (χ0n) is 9.80. The van der Waals surface area contributed by atoms with Gasteiger partial charge in [-0.15, -0.1) is 0 Å². The standard InChI is InChI=1S/C11H18N2O3S/c14-10(15)8-9-2-1-3-13(9)11(16)12-4-6-17-7-5-12/h9H,1-8H2,(H,14,15). The van der Waals surface area contributed by atoms with Gasteiger partial charge in [0.25, 0.3) is 0 Å². The van der Waals surface area contributed by atoms with Crippen LogP contribution in [0.15, 0.2) is 0 Å². The Morgan fingerprint density at radius 3 is 2.59 bits per heavy atom. The van der Waals surface area contributed by atoms with Gasteiger partial charge in [-0.3, -0.25) is 4.79 Å². The van der Waals surface area contributed by atoms with E-state index in [1.807, 2.05) is 16.7 Å². The molecule has 1 N–H and O–H groups in total. The molecule has 5 nitrogen and oxygen atoms in total. The van der Waals surface area contributed by atoms with Gasteiger partial charge in [0, 0.05) is 37.2 Å². The van der Waals surface area contributed by atoms with Crippen molar-refractivity contribution in [1.29, 1.82) is 0 Å². The molecule has 0 aromatic heterocycles. The SMILES string of the molecule is O=C(O)CC1CCCN1C(=O)N1CCSCC1. The van der Waals surface area contributed by atoms with Gasteiger partial charge in [0.1, 0.15) is 0 Å². The van der Waals surface area contributed by atoms with Crippen LogP contribution in [0.5, 0.6) is 0 Å². The fourth-order valence-corrected chi connectivity index (χ4v) is 3.34. The van der Waals surface area contributed by atoms with Gasteiger partial charge >= 0.3 is 12.0 Å². The third-order valence-corrected chi connectivity index (χ3v) is 4.26. The molecule has 1 unspecified atom stereocenters. The summed E-state index contributed by atoms with van der Waals surface area (Å²) in [5.74, 6) is 1.16. The lowest BCUT2D eigenvalue weighted by atomic mass is 10.1. The summed E-state index contributed by atoms with van der Waals surface area (Å²) in [7, 11) is 0. The van der Waals surface area contributed by atoms with Gasteiger partial charge in [0.15, 0.2) is 0 Å². The van der Waals surface area contributed by atoms with E-state index >= 15 is 0 Å². The first-order valence-electron chi connectivity index (χ1n) is 6.03. The second kappa shape index (κ2) is 5.62. The molecule has 2 saturated heterocycles. The van der Waals surface area contributed by atoms with Crippen LogP contribution >= 0.6 is 11.8 Å². The fourth-order valence-electron chi connectivity index (χ4n) is 2.44. The Bertz CT molecular complexity index is 305. The second-order valence-corrected chi connectivity index (χ2v) is 5.69. The number of carboxylic acid groups (broad SMARTS) is 1. The minimum absolute atomic E-state index is 0.0362. The zero-order chi connectivity index (χ0) is 12.3. The maximum Gasteiger partial charge on any atom is 0.320 e. The Labute approximate surface area is 105 Å². The number of amides is 2. The van der Waals surface area contributed by atoms with Crippen molar-refractivity contribution in [3.05, 3.63) is 0 Å². The lowest BCUT2D eigenvalue weighted by Gasteiger charge is -2.33. The summed E-state index contributed by atoms with van der Waals surface area (Å²) in [6.07, 6.45) is 1.82. The first-order valence-corrected chi connectivity index (χ1v) is 7.19. The van der Waals surface area contributed by atoms with Crippen LogP contribution in [0.1, 0.15) is 19.3 Å². The fraction of sp³-hybridized carbons (Fsp3) is 0.818. The van der Waals surface area contributed by atoms with Crippen LogP contribution in [0.25, 0.3) is 0 Å². The normalized spacial score (nSPS) is 25.1. The van der Waals surface area contributed by atoms with E-state index in [4.69, 9.17) is 5.11 Å². The van der Waals surface area contributed by atoms with Crippen LogP contribution in [0.2, 0.25) is 0 Å². The van der Waals surface area contributed by atoms with Crippen molar-refractivity contribution in [3.63, 3.8) is 0 Å². The van der Waals surface area contributed by atoms with Gasteiger partial charge in [-0.1, -0.05) is 0 Å². The van der Waals surface area contributed by atoms with E-state index in [2.05, 4.69) is 0 Å². The molecule has 0 spiro atoms. The highest BCUT2D eigenvalue weighted by Crippen LogP contribution is 2.22. The van der Waals surface area contributed by atoms with E-state index in [1.54, 1.807) is 4.90 Å². The molecule has 2 aliphatic heterocycles. The van der Waals surface area contributed by atoms with E-state index < -0.39 is 5.97 Å². The summed E-state index contributed by atoms with van der Waals surface area (Å²) in [6, 6.07) is -0.0661. The van der Waals surface area contributed by atoms with Crippen LogP contribution in [0.3, 0.4) is 0 Å². The predicted octanol–water partition coefficient (Wildman–Crippen LogP) is 1.09. The molecular formula is C11H18N2O3S. The van der Waals surface area contributed by atoms with Crippen LogP contribution in [-0.2, 0) is 4.79 Å². The van der Waals surface area contributed by atoms with Crippen LogP contribution < -0.4 is 0 Å². The number of nitrogens with zero attached hydrogens (tertiary/aromatic N) is 2. The molecule has 2 aliphatic rings. The van der Waals surface area contributed by atoms with Crippen molar-refractivity contribution in [2.75, 3.05) is 31.1 Å². The molecule has 0 aromatic rings.